The summed E-state index contributed by atoms with van der Waals surface area (Å²) in [6.45, 7) is 0. The number of aromatic nitrogens is 2. The van der Waals surface area contributed by atoms with Gasteiger partial charge in [-0.25, -0.2) is 0 Å². The molecule has 0 spiro atoms. The van der Waals surface area contributed by atoms with Crippen molar-refractivity contribution in [2.24, 2.45) is 5.92 Å². The number of halogens is 3. The molecule has 0 saturated heterocycles. The summed E-state index contributed by atoms with van der Waals surface area (Å²) in [5.41, 5.74) is 6.50. The van der Waals surface area contributed by atoms with Crippen LogP contribution in [0.4, 0.5) is 13.2 Å². The molecule has 1 atom stereocenters. The second-order valence-electron chi connectivity index (χ2n) is 15.9. The summed E-state index contributed by atoms with van der Waals surface area (Å²) in [6.07, 6.45) is -1.06. The van der Waals surface area contributed by atoms with Crippen LogP contribution in [0.15, 0.2) is 151 Å². The Kier molecular flexibility index (Phi) is 9.56. The maximum Gasteiger partial charge on any atom is 0.416 e. The monoisotopic (exact) mass is 856 g/mol. The topological polar surface area (TPSA) is 153 Å². The zero-order valence-electron chi connectivity index (χ0n) is 34.4. The summed E-state index contributed by atoms with van der Waals surface area (Å²) in [5, 5.41) is 63.8. The van der Waals surface area contributed by atoms with Crippen molar-refractivity contribution in [2.75, 3.05) is 0 Å². The van der Waals surface area contributed by atoms with Gasteiger partial charge in [-0.3, -0.25) is 0 Å². The lowest BCUT2D eigenvalue weighted by molar-refractivity contribution is -0.137. The van der Waals surface area contributed by atoms with Gasteiger partial charge >= 0.3 is 6.18 Å². The van der Waals surface area contributed by atoms with Gasteiger partial charge in [0.1, 0.15) is 6.07 Å². The summed E-state index contributed by atoms with van der Waals surface area (Å²) in [6, 6.07) is 51.1. The highest BCUT2D eigenvalue weighted by molar-refractivity contribution is 6.12. The largest absolute Gasteiger partial charge is 0.416 e. The van der Waals surface area contributed by atoms with Crippen LogP contribution in [0, 0.1) is 73.9 Å². The first-order valence-electron chi connectivity index (χ1n) is 20.5. The molecule has 2 aromatic heterocycles. The fourth-order valence-electron chi connectivity index (χ4n) is 9.20. The maximum absolute atomic E-state index is 14.7. The Hall–Kier alpha value is -9.65. The highest BCUT2D eigenvalue weighted by atomic mass is 19.4. The smallest absolute Gasteiger partial charge is 0.309 e. The van der Waals surface area contributed by atoms with E-state index in [0.717, 1.165) is 44.8 Å². The number of benzene rings is 7. The molecule has 0 radical (unpaired) electrons. The minimum atomic E-state index is -4.80. The number of hydrogen-bond donors (Lipinski definition) is 0. The van der Waals surface area contributed by atoms with Gasteiger partial charge in [0.15, 0.2) is 0 Å². The number of alkyl halides is 3. The van der Waals surface area contributed by atoms with Gasteiger partial charge in [-0.05, 0) is 119 Å². The molecule has 0 N–H and O–H groups in total. The van der Waals surface area contributed by atoms with Gasteiger partial charge < -0.3 is 9.13 Å². The van der Waals surface area contributed by atoms with Crippen LogP contribution in [0.1, 0.15) is 39.8 Å². The summed E-state index contributed by atoms with van der Waals surface area (Å²) in [4.78, 5) is 0. The SMILES string of the molecule is N#CC1=CC(C#N)CC(c2ccc3c4ccccc4n(-c4cc(C#N)c(-n5c6ccccc6c6ccc(-c7cc(C#N)cc(C#N)c7)cc65)cc4-c4cc(C#N)cc(C(F)(F)F)c4)c3c2)=C1. The highest BCUT2D eigenvalue weighted by Gasteiger charge is 2.32. The van der Waals surface area contributed by atoms with Crippen LogP contribution >= 0.6 is 0 Å². The number of nitrogens with zero attached hydrogens (tertiary/aromatic N) is 8. The molecule has 2 heterocycles. The first-order valence-corrected chi connectivity index (χ1v) is 20.5. The number of hydrogen-bond acceptors (Lipinski definition) is 6. The lowest BCUT2D eigenvalue weighted by Gasteiger charge is -2.20. The van der Waals surface area contributed by atoms with Gasteiger partial charge in [-0.15, -0.1) is 0 Å². The second-order valence-corrected chi connectivity index (χ2v) is 15.9. The molecule has 1 aliphatic carbocycles. The second kappa shape index (κ2) is 15.6. The predicted octanol–water partition coefficient (Wildman–Crippen LogP) is 13.1. The van der Waals surface area contributed by atoms with E-state index in [1.54, 1.807) is 36.4 Å². The van der Waals surface area contributed by atoms with Gasteiger partial charge in [-0.2, -0.15) is 44.7 Å². The zero-order valence-corrected chi connectivity index (χ0v) is 34.4. The number of nitriles is 6. The fourth-order valence-corrected chi connectivity index (χ4v) is 9.20. The number of allylic oxidation sites excluding steroid dienone is 4. The van der Waals surface area contributed by atoms with Crippen molar-refractivity contribution in [3.63, 3.8) is 0 Å². The third-order valence-corrected chi connectivity index (χ3v) is 12.1. The van der Waals surface area contributed by atoms with Gasteiger partial charge in [0.2, 0.25) is 0 Å². The molecule has 9 aromatic rings. The number of rotatable bonds is 5. The molecular formula is C55H27F3N8. The van der Waals surface area contributed by atoms with E-state index in [2.05, 4.69) is 30.3 Å². The summed E-state index contributed by atoms with van der Waals surface area (Å²) >= 11 is 0. The maximum atomic E-state index is 14.7. The Morgan fingerprint density at radius 1 is 0.485 bits per heavy atom. The van der Waals surface area contributed by atoms with Crippen molar-refractivity contribution in [3.8, 4) is 70.0 Å². The van der Waals surface area contributed by atoms with Gasteiger partial charge in [0.25, 0.3) is 0 Å². The summed E-state index contributed by atoms with van der Waals surface area (Å²) in [7, 11) is 0. The molecule has 0 amide bonds. The average Bonchev–Trinajstić information content (AvgIpc) is 3.87. The van der Waals surface area contributed by atoms with Gasteiger partial charge in [-0.1, -0.05) is 60.7 Å². The minimum Gasteiger partial charge on any atom is -0.309 e. The van der Waals surface area contributed by atoms with Crippen LogP contribution in [0.5, 0.6) is 0 Å². The first-order chi connectivity index (χ1) is 32.0. The Morgan fingerprint density at radius 2 is 1.05 bits per heavy atom. The number of fused-ring (bicyclic) bond motifs is 6. The van der Waals surface area contributed by atoms with Crippen molar-refractivity contribution < 1.29 is 13.2 Å². The Bertz CT molecular complexity index is 3900. The van der Waals surface area contributed by atoms with E-state index in [0.29, 0.717) is 73.3 Å². The van der Waals surface area contributed by atoms with E-state index < -0.39 is 17.7 Å². The van der Waals surface area contributed by atoms with Crippen LogP contribution in [0.25, 0.3) is 82.8 Å². The Morgan fingerprint density at radius 3 is 1.64 bits per heavy atom. The minimum absolute atomic E-state index is 0.0821. The van der Waals surface area contributed by atoms with Crippen LogP contribution < -0.4 is 0 Å². The molecule has 7 aromatic carbocycles. The van der Waals surface area contributed by atoms with E-state index in [-0.39, 0.29) is 16.7 Å². The molecule has 0 bridgehead atoms. The highest BCUT2D eigenvalue weighted by Crippen LogP contribution is 2.44. The molecule has 308 valence electrons. The molecule has 11 heteroatoms. The molecule has 1 unspecified atom stereocenters. The summed E-state index contributed by atoms with van der Waals surface area (Å²) < 4.78 is 47.9. The average molecular weight is 857 g/mol. The van der Waals surface area contributed by atoms with E-state index in [1.165, 1.54) is 12.1 Å². The zero-order chi connectivity index (χ0) is 45.9. The third-order valence-electron chi connectivity index (χ3n) is 12.1. The first kappa shape index (κ1) is 40.4. The molecule has 8 nitrogen and oxygen atoms in total. The van der Waals surface area contributed by atoms with Crippen LogP contribution in [-0.2, 0) is 6.18 Å². The Balaban J connectivity index is 1.31. The van der Waals surface area contributed by atoms with Crippen molar-refractivity contribution in [1.82, 2.24) is 9.13 Å². The molecule has 0 fully saturated rings. The van der Waals surface area contributed by atoms with Crippen molar-refractivity contribution in [3.05, 3.63) is 185 Å². The van der Waals surface area contributed by atoms with Crippen molar-refractivity contribution in [1.29, 1.82) is 31.6 Å². The number of para-hydroxylation sites is 2. The van der Waals surface area contributed by atoms with E-state index in [9.17, 15) is 44.7 Å². The third kappa shape index (κ3) is 6.66. The molecule has 0 saturated carbocycles. The van der Waals surface area contributed by atoms with Crippen LogP contribution in [0.2, 0.25) is 0 Å². The standard InChI is InChI=1S/C55H27F3N8/c56-55(57,58)43-20-36(30-63)19-41(21-43)48-25-51(65-49-7-3-1-5-44(49)46-11-9-37(22-52(46)65)39-15-32(26-59)13-33(16-39)27-60)42(31-64)24-54(48)66-50-8-4-2-6-45(50)47-12-10-38(23-53(47)66)40-17-34(28-61)14-35(18-40)29-62/h1-17,19-25,35H,18H2. The quantitative estimate of drug-likeness (QED) is 0.168. The van der Waals surface area contributed by atoms with Crippen molar-refractivity contribution >= 4 is 49.2 Å². The normalized spacial score (nSPS) is 13.6. The lowest BCUT2D eigenvalue weighted by atomic mass is 9.87. The molecule has 10 rings (SSSR count). The molecule has 1 aliphatic rings. The summed E-state index contributed by atoms with van der Waals surface area (Å²) in [5.74, 6) is -0.525. The van der Waals surface area contributed by atoms with Crippen LogP contribution in [-0.4, -0.2) is 9.13 Å². The van der Waals surface area contributed by atoms with E-state index in [4.69, 9.17) is 0 Å². The van der Waals surface area contributed by atoms with E-state index in [1.807, 2.05) is 100 Å². The lowest BCUT2D eigenvalue weighted by Crippen LogP contribution is -2.07. The van der Waals surface area contributed by atoms with Crippen molar-refractivity contribution in [2.45, 2.75) is 12.6 Å². The van der Waals surface area contributed by atoms with Crippen LogP contribution in [0.3, 0.4) is 0 Å². The predicted molar refractivity (Wildman–Crippen MR) is 245 cm³/mol. The molecular weight excluding hydrogens is 830 g/mol. The molecule has 66 heavy (non-hydrogen) atoms. The fraction of sp³-hybridized carbons (Fsp3) is 0.0545. The van der Waals surface area contributed by atoms with Gasteiger partial charge in [0.05, 0.1) is 97.5 Å². The Labute approximate surface area is 374 Å². The van der Waals surface area contributed by atoms with Gasteiger partial charge in [0, 0.05) is 32.7 Å². The molecule has 0 aliphatic heterocycles. The van der Waals surface area contributed by atoms with E-state index >= 15 is 0 Å².